The van der Waals surface area contributed by atoms with Gasteiger partial charge in [-0.1, -0.05) is 29.3 Å². The molecule has 0 radical (unpaired) electrons. The van der Waals surface area contributed by atoms with Gasteiger partial charge in [-0.05, 0) is 12.1 Å². The molecule has 8 heteroatoms. The number of aromatic nitrogens is 4. The number of rotatable bonds is 3. The molecule has 114 valence electrons. The number of fused-ring (bicyclic) bond motifs is 1. The summed E-state index contributed by atoms with van der Waals surface area (Å²) in [7, 11) is 3.76. The van der Waals surface area contributed by atoms with Gasteiger partial charge in [-0.15, -0.1) is 0 Å². The summed E-state index contributed by atoms with van der Waals surface area (Å²) in [5.41, 5.74) is 2.16. The lowest BCUT2D eigenvalue weighted by molar-refractivity contribution is 0.783. The number of aromatic amines is 1. The molecule has 2 aromatic heterocycles. The Hall–Kier alpha value is -2.05. The molecule has 0 unspecified atom stereocenters. The van der Waals surface area contributed by atoms with Crippen LogP contribution < -0.4 is 10.4 Å². The number of halogens is 2. The molecule has 2 heterocycles. The van der Waals surface area contributed by atoms with E-state index in [9.17, 15) is 0 Å². The molecule has 0 saturated carbocycles. The Labute approximate surface area is 136 Å². The molecular formula is C14H14Cl2N6. The fourth-order valence-electron chi connectivity index (χ4n) is 2.15. The standard InChI is InChI=1S/C14H14Cl2N6/c1-21(2)14-19-11-12(17)18-7-22(13(11)20-14)6-8-9(15)4-3-5-10(8)16/h3-5,7,17H,6H2,1-2H3,(H,19,20). The van der Waals surface area contributed by atoms with Gasteiger partial charge < -0.3 is 14.5 Å². The van der Waals surface area contributed by atoms with Crippen molar-refractivity contribution in [2.75, 3.05) is 19.0 Å². The molecule has 0 fully saturated rings. The monoisotopic (exact) mass is 336 g/mol. The maximum Gasteiger partial charge on any atom is 0.204 e. The van der Waals surface area contributed by atoms with Crippen molar-refractivity contribution in [3.63, 3.8) is 0 Å². The van der Waals surface area contributed by atoms with Gasteiger partial charge in [0, 0.05) is 29.7 Å². The molecule has 3 rings (SSSR count). The number of nitrogens with one attached hydrogen (secondary N) is 2. The molecule has 0 amide bonds. The van der Waals surface area contributed by atoms with Gasteiger partial charge in [0.05, 0.1) is 12.9 Å². The lowest BCUT2D eigenvalue weighted by Gasteiger charge is -2.10. The SMILES string of the molecule is CN(C)c1nc2c([nH]1)c(=N)ncn2Cc1c(Cl)cccc1Cl. The Morgan fingerprint density at radius 3 is 2.59 bits per heavy atom. The maximum absolute atomic E-state index is 7.91. The van der Waals surface area contributed by atoms with Crippen LogP contribution in [0.1, 0.15) is 5.56 Å². The number of hydrogen-bond acceptors (Lipinski definition) is 4. The zero-order valence-corrected chi connectivity index (χ0v) is 13.6. The van der Waals surface area contributed by atoms with E-state index in [2.05, 4.69) is 15.0 Å². The van der Waals surface area contributed by atoms with E-state index in [1.54, 1.807) is 24.5 Å². The zero-order chi connectivity index (χ0) is 15.9. The van der Waals surface area contributed by atoms with E-state index in [1.807, 2.05) is 23.6 Å². The fraction of sp³-hybridized carbons (Fsp3) is 0.214. The fourth-order valence-corrected chi connectivity index (χ4v) is 2.67. The smallest absolute Gasteiger partial charge is 0.204 e. The summed E-state index contributed by atoms with van der Waals surface area (Å²) in [6, 6.07) is 5.39. The van der Waals surface area contributed by atoms with E-state index >= 15 is 0 Å². The second kappa shape index (κ2) is 5.62. The summed E-state index contributed by atoms with van der Waals surface area (Å²) in [6.07, 6.45) is 1.57. The van der Waals surface area contributed by atoms with Crippen LogP contribution in [0.15, 0.2) is 24.5 Å². The number of hydrogen-bond donors (Lipinski definition) is 2. The summed E-state index contributed by atoms with van der Waals surface area (Å²) in [5, 5.41) is 9.09. The van der Waals surface area contributed by atoms with Gasteiger partial charge >= 0.3 is 0 Å². The molecule has 1 aromatic carbocycles. The first-order chi connectivity index (χ1) is 10.5. The van der Waals surface area contributed by atoms with Crippen molar-refractivity contribution < 1.29 is 0 Å². The quantitative estimate of drug-likeness (QED) is 0.772. The first-order valence-corrected chi connectivity index (χ1v) is 7.33. The predicted octanol–water partition coefficient (Wildman–Crippen LogP) is 2.66. The van der Waals surface area contributed by atoms with E-state index in [-0.39, 0.29) is 5.49 Å². The summed E-state index contributed by atoms with van der Waals surface area (Å²) in [6.45, 7) is 0.431. The van der Waals surface area contributed by atoms with E-state index in [0.29, 0.717) is 33.7 Å². The van der Waals surface area contributed by atoms with Crippen LogP contribution in [0.5, 0.6) is 0 Å². The van der Waals surface area contributed by atoms with Crippen molar-refractivity contribution in [3.8, 4) is 0 Å². The van der Waals surface area contributed by atoms with E-state index in [4.69, 9.17) is 28.6 Å². The van der Waals surface area contributed by atoms with Gasteiger partial charge in [0.25, 0.3) is 0 Å². The molecule has 0 bridgehead atoms. The highest BCUT2D eigenvalue weighted by molar-refractivity contribution is 6.35. The van der Waals surface area contributed by atoms with Crippen LogP contribution in [0.2, 0.25) is 10.0 Å². The van der Waals surface area contributed by atoms with Gasteiger partial charge in [-0.2, -0.15) is 4.98 Å². The van der Waals surface area contributed by atoms with Crippen molar-refractivity contribution in [3.05, 3.63) is 45.6 Å². The summed E-state index contributed by atoms with van der Waals surface area (Å²) in [5.74, 6) is 0.663. The molecule has 22 heavy (non-hydrogen) atoms. The maximum atomic E-state index is 7.91. The zero-order valence-electron chi connectivity index (χ0n) is 12.1. The topological polar surface area (TPSA) is 73.6 Å². The van der Waals surface area contributed by atoms with Crippen LogP contribution >= 0.6 is 23.2 Å². The first kappa shape index (κ1) is 14.9. The van der Waals surface area contributed by atoms with Crippen molar-refractivity contribution in [1.82, 2.24) is 19.5 Å². The molecule has 0 aliphatic heterocycles. The van der Waals surface area contributed by atoms with Gasteiger partial charge in [0.2, 0.25) is 5.95 Å². The van der Waals surface area contributed by atoms with Crippen LogP contribution in [0.25, 0.3) is 11.2 Å². The van der Waals surface area contributed by atoms with Gasteiger partial charge in [-0.25, -0.2) is 4.98 Å². The van der Waals surface area contributed by atoms with Crippen LogP contribution in [0.4, 0.5) is 5.95 Å². The van der Waals surface area contributed by atoms with Crippen molar-refractivity contribution in [2.45, 2.75) is 6.54 Å². The molecule has 0 aliphatic rings. The van der Waals surface area contributed by atoms with Crippen LogP contribution in [0.3, 0.4) is 0 Å². The Bertz CT molecular complexity index is 876. The van der Waals surface area contributed by atoms with Gasteiger partial charge in [0.1, 0.15) is 5.52 Å². The van der Waals surface area contributed by atoms with E-state index in [1.165, 1.54) is 0 Å². The number of nitrogens with zero attached hydrogens (tertiary/aromatic N) is 4. The predicted molar refractivity (Wildman–Crippen MR) is 87.6 cm³/mol. The third-order valence-corrected chi connectivity index (χ3v) is 4.03. The third kappa shape index (κ3) is 2.55. The molecular weight excluding hydrogens is 323 g/mol. The number of anilines is 1. The average molecular weight is 337 g/mol. The summed E-state index contributed by atoms with van der Waals surface area (Å²) in [4.78, 5) is 13.5. The minimum Gasteiger partial charge on any atom is -0.348 e. The van der Waals surface area contributed by atoms with E-state index < -0.39 is 0 Å². The largest absolute Gasteiger partial charge is 0.348 e. The highest BCUT2D eigenvalue weighted by Gasteiger charge is 2.12. The number of imidazole rings is 1. The molecule has 0 aliphatic carbocycles. The van der Waals surface area contributed by atoms with Crippen molar-refractivity contribution in [1.29, 1.82) is 5.41 Å². The highest BCUT2D eigenvalue weighted by Crippen LogP contribution is 2.26. The molecule has 0 saturated heterocycles. The normalized spacial score (nSPS) is 11.1. The summed E-state index contributed by atoms with van der Waals surface area (Å²) >= 11 is 12.5. The molecule has 3 aromatic rings. The Kier molecular flexibility index (Phi) is 3.80. The van der Waals surface area contributed by atoms with Crippen LogP contribution in [0, 0.1) is 5.41 Å². The second-order valence-corrected chi connectivity index (χ2v) is 5.89. The molecule has 0 spiro atoms. The Balaban J connectivity index is 2.15. The lowest BCUT2D eigenvalue weighted by atomic mass is 10.2. The summed E-state index contributed by atoms with van der Waals surface area (Å²) < 4.78 is 1.82. The van der Waals surface area contributed by atoms with Crippen molar-refractivity contribution >= 4 is 40.3 Å². The Morgan fingerprint density at radius 2 is 1.95 bits per heavy atom. The average Bonchev–Trinajstić information content (AvgIpc) is 2.92. The highest BCUT2D eigenvalue weighted by atomic mass is 35.5. The molecule has 6 nitrogen and oxygen atoms in total. The minimum atomic E-state index is 0.150. The third-order valence-electron chi connectivity index (χ3n) is 3.32. The Morgan fingerprint density at radius 1 is 1.27 bits per heavy atom. The lowest BCUT2D eigenvalue weighted by Crippen LogP contribution is -2.13. The number of H-pyrrole nitrogens is 1. The minimum absolute atomic E-state index is 0.150. The van der Waals surface area contributed by atoms with Crippen LogP contribution in [-0.4, -0.2) is 33.6 Å². The van der Waals surface area contributed by atoms with E-state index in [0.717, 1.165) is 5.56 Å². The molecule has 0 atom stereocenters. The molecule has 2 N–H and O–H groups in total. The second-order valence-electron chi connectivity index (χ2n) is 5.07. The first-order valence-electron chi connectivity index (χ1n) is 6.57. The van der Waals surface area contributed by atoms with Crippen LogP contribution in [-0.2, 0) is 6.54 Å². The van der Waals surface area contributed by atoms with Crippen molar-refractivity contribution in [2.24, 2.45) is 0 Å². The number of benzene rings is 1. The van der Waals surface area contributed by atoms with Gasteiger partial charge in [-0.3, -0.25) is 5.41 Å². The van der Waals surface area contributed by atoms with Gasteiger partial charge in [0.15, 0.2) is 11.1 Å².